The molecule has 4 rings (SSSR count). The zero-order valence-electron chi connectivity index (χ0n) is 11.9. The highest BCUT2D eigenvalue weighted by Crippen LogP contribution is 2.13. The quantitative estimate of drug-likeness (QED) is 0.521. The third-order valence-electron chi connectivity index (χ3n) is 3.55. The van der Waals surface area contributed by atoms with Gasteiger partial charge in [0.25, 0.3) is 11.5 Å². The van der Waals surface area contributed by atoms with Gasteiger partial charge in [-0.1, -0.05) is 0 Å². The Bertz CT molecular complexity index is 1040. The van der Waals surface area contributed by atoms with Gasteiger partial charge in [-0.3, -0.25) is 14.6 Å². The average Bonchev–Trinajstić information content (AvgIpc) is 3.17. The molecule has 4 heterocycles. The third kappa shape index (κ3) is 2.35. The Morgan fingerprint density at radius 2 is 2.26 bits per heavy atom. The van der Waals surface area contributed by atoms with Gasteiger partial charge in [0.05, 0.1) is 6.54 Å². The lowest BCUT2D eigenvalue weighted by Crippen LogP contribution is -2.23. The van der Waals surface area contributed by atoms with E-state index in [1.165, 1.54) is 16.8 Å². The van der Waals surface area contributed by atoms with Crippen molar-refractivity contribution in [2.45, 2.75) is 6.54 Å². The number of hydrogen-bond donors (Lipinski definition) is 3. The van der Waals surface area contributed by atoms with Crippen LogP contribution in [0, 0.1) is 0 Å². The molecule has 23 heavy (non-hydrogen) atoms. The number of amides is 1. The summed E-state index contributed by atoms with van der Waals surface area (Å²) in [5.41, 5.74) is 2.06. The van der Waals surface area contributed by atoms with Crippen molar-refractivity contribution >= 4 is 22.3 Å². The fourth-order valence-electron chi connectivity index (χ4n) is 2.44. The van der Waals surface area contributed by atoms with E-state index in [9.17, 15) is 9.59 Å². The normalized spacial score (nSPS) is 11.1. The highest BCUT2D eigenvalue weighted by atomic mass is 16.2. The summed E-state index contributed by atoms with van der Waals surface area (Å²) in [6, 6.07) is 5.26. The van der Waals surface area contributed by atoms with Crippen molar-refractivity contribution in [2.24, 2.45) is 0 Å². The summed E-state index contributed by atoms with van der Waals surface area (Å²) in [5.74, 6) is -0.343. The first-order valence-electron chi connectivity index (χ1n) is 6.97. The van der Waals surface area contributed by atoms with Crippen LogP contribution in [0.4, 0.5) is 0 Å². The van der Waals surface area contributed by atoms with Gasteiger partial charge in [-0.15, -0.1) is 0 Å². The topological polar surface area (TPSA) is 108 Å². The number of H-pyrrole nitrogens is 2. The first-order chi connectivity index (χ1) is 11.2. The van der Waals surface area contributed by atoms with Gasteiger partial charge in [0, 0.05) is 47.5 Å². The molecule has 0 radical (unpaired) electrons. The molecule has 0 aliphatic carbocycles. The largest absolute Gasteiger partial charge is 0.357 e. The van der Waals surface area contributed by atoms with E-state index in [2.05, 4.69) is 25.4 Å². The first-order valence-corrected chi connectivity index (χ1v) is 6.97. The van der Waals surface area contributed by atoms with Crippen molar-refractivity contribution in [3.05, 3.63) is 64.7 Å². The lowest BCUT2D eigenvalue weighted by Gasteiger charge is -2.00. The third-order valence-corrected chi connectivity index (χ3v) is 3.55. The summed E-state index contributed by atoms with van der Waals surface area (Å²) in [6.07, 6.45) is 6.52. The SMILES string of the molecule is O=C(NCc1cc2cnccc2[nH]1)c1cc2c(=O)[nH]ccn2n1. The Kier molecular flexibility index (Phi) is 2.94. The van der Waals surface area contributed by atoms with Crippen LogP contribution in [0.15, 0.2) is 47.8 Å². The molecule has 8 heteroatoms. The molecule has 0 aromatic carbocycles. The van der Waals surface area contributed by atoms with Gasteiger partial charge in [-0.25, -0.2) is 4.52 Å². The molecule has 4 aromatic heterocycles. The van der Waals surface area contributed by atoms with Crippen LogP contribution < -0.4 is 10.9 Å². The fraction of sp³-hybridized carbons (Fsp3) is 0.0667. The number of nitrogens with one attached hydrogen (secondary N) is 3. The highest BCUT2D eigenvalue weighted by molar-refractivity contribution is 5.93. The molecule has 0 spiro atoms. The monoisotopic (exact) mass is 308 g/mol. The predicted molar refractivity (Wildman–Crippen MR) is 83.1 cm³/mol. The average molecular weight is 308 g/mol. The van der Waals surface area contributed by atoms with Gasteiger partial charge >= 0.3 is 0 Å². The predicted octanol–water partition coefficient (Wildman–Crippen LogP) is 0.829. The Labute approximate surface area is 129 Å². The standard InChI is InChI=1S/C15H12N6O2/c22-14(12-6-13-15(23)17-3-4-21(13)20-12)18-8-10-5-9-7-16-2-1-11(9)19-10/h1-7,19H,8H2,(H,17,23)(H,18,22). The van der Waals surface area contributed by atoms with Crippen LogP contribution in [0.1, 0.15) is 16.2 Å². The van der Waals surface area contributed by atoms with E-state index in [1.807, 2.05) is 12.1 Å². The van der Waals surface area contributed by atoms with Gasteiger partial charge in [0.15, 0.2) is 5.69 Å². The molecule has 8 nitrogen and oxygen atoms in total. The molecule has 1 amide bonds. The van der Waals surface area contributed by atoms with Gasteiger partial charge in [0.2, 0.25) is 0 Å². The van der Waals surface area contributed by atoms with E-state index in [0.717, 1.165) is 16.6 Å². The number of fused-ring (bicyclic) bond motifs is 2. The molecule has 0 atom stereocenters. The minimum atomic E-state index is -0.343. The Morgan fingerprint density at radius 1 is 1.35 bits per heavy atom. The molecule has 0 saturated carbocycles. The highest BCUT2D eigenvalue weighted by Gasteiger charge is 2.12. The molecule has 0 aliphatic rings. The van der Waals surface area contributed by atoms with Crippen LogP contribution >= 0.6 is 0 Å². The van der Waals surface area contributed by atoms with Crippen molar-refractivity contribution in [1.82, 2.24) is 29.9 Å². The maximum absolute atomic E-state index is 12.2. The second-order valence-electron chi connectivity index (χ2n) is 5.09. The minimum Gasteiger partial charge on any atom is -0.357 e. The Morgan fingerprint density at radius 3 is 3.09 bits per heavy atom. The number of aromatic nitrogens is 5. The van der Waals surface area contributed by atoms with Crippen LogP contribution in [0.2, 0.25) is 0 Å². The summed E-state index contributed by atoms with van der Waals surface area (Å²) in [5, 5.41) is 7.85. The lowest BCUT2D eigenvalue weighted by molar-refractivity contribution is 0.0945. The minimum absolute atomic E-state index is 0.194. The zero-order chi connectivity index (χ0) is 15.8. The van der Waals surface area contributed by atoms with Crippen LogP contribution in [0.5, 0.6) is 0 Å². The van der Waals surface area contributed by atoms with E-state index in [1.54, 1.807) is 18.6 Å². The first kappa shape index (κ1) is 13.3. The number of aromatic amines is 2. The summed E-state index contributed by atoms with van der Waals surface area (Å²) in [7, 11) is 0. The molecule has 0 aliphatic heterocycles. The van der Waals surface area contributed by atoms with E-state index >= 15 is 0 Å². The molecular weight excluding hydrogens is 296 g/mol. The number of carbonyl (C=O) groups is 1. The van der Waals surface area contributed by atoms with E-state index in [0.29, 0.717) is 12.1 Å². The van der Waals surface area contributed by atoms with Crippen molar-refractivity contribution in [3.63, 3.8) is 0 Å². The van der Waals surface area contributed by atoms with Gasteiger partial charge in [0.1, 0.15) is 5.52 Å². The number of hydrogen-bond acceptors (Lipinski definition) is 4. The summed E-state index contributed by atoms with van der Waals surface area (Å²) >= 11 is 0. The second kappa shape index (κ2) is 5.09. The summed E-state index contributed by atoms with van der Waals surface area (Å²) in [6.45, 7) is 0.331. The van der Waals surface area contributed by atoms with Crippen molar-refractivity contribution in [2.75, 3.05) is 0 Å². The number of nitrogens with zero attached hydrogens (tertiary/aromatic N) is 3. The van der Waals surface area contributed by atoms with Crippen LogP contribution in [0.25, 0.3) is 16.4 Å². The zero-order valence-corrected chi connectivity index (χ0v) is 11.9. The molecule has 0 unspecified atom stereocenters. The van der Waals surface area contributed by atoms with E-state index < -0.39 is 0 Å². The molecule has 4 aromatic rings. The molecule has 0 bridgehead atoms. The molecular formula is C15H12N6O2. The van der Waals surface area contributed by atoms with Crippen molar-refractivity contribution in [3.8, 4) is 0 Å². The van der Waals surface area contributed by atoms with E-state index in [-0.39, 0.29) is 17.2 Å². The fourth-order valence-corrected chi connectivity index (χ4v) is 2.44. The van der Waals surface area contributed by atoms with Gasteiger partial charge in [-0.2, -0.15) is 5.10 Å². The van der Waals surface area contributed by atoms with Crippen LogP contribution in [0.3, 0.4) is 0 Å². The maximum atomic E-state index is 12.2. The van der Waals surface area contributed by atoms with E-state index in [4.69, 9.17) is 0 Å². The molecule has 114 valence electrons. The lowest BCUT2D eigenvalue weighted by atomic mass is 10.3. The molecule has 0 fully saturated rings. The second-order valence-corrected chi connectivity index (χ2v) is 5.09. The summed E-state index contributed by atoms with van der Waals surface area (Å²) in [4.78, 5) is 33.6. The van der Waals surface area contributed by atoms with Crippen molar-refractivity contribution in [1.29, 1.82) is 0 Å². The molecule has 0 saturated heterocycles. The number of rotatable bonds is 3. The van der Waals surface area contributed by atoms with Crippen molar-refractivity contribution < 1.29 is 4.79 Å². The van der Waals surface area contributed by atoms with Gasteiger partial charge < -0.3 is 15.3 Å². The van der Waals surface area contributed by atoms with Crippen LogP contribution in [-0.2, 0) is 6.54 Å². The number of carbonyl (C=O) groups excluding carboxylic acids is 1. The van der Waals surface area contributed by atoms with Gasteiger partial charge in [-0.05, 0) is 12.1 Å². The number of pyridine rings is 1. The Balaban J connectivity index is 1.54. The molecule has 3 N–H and O–H groups in total. The Hall–Kier alpha value is -3.42. The summed E-state index contributed by atoms with van der Waals surface area (Å²) < 4.78 is 1.38. The van der Waals surface area contributed by atoms with Crippen LogP contribution in [-0.4, -0.2) is 30.5 Å². The smallest absolute Gasteiger partial charge is 0.273 e. The maximum Gasteiger partial charge on any atom is 0.273 e.